The van der Waals surface area contributed by atoms with E-state index >= 15 is 0 Å². The van der Waals surface area contributed by atoms with Crippen LogP contribution in [0.5, 0.6) is 11.5 Å². The molecule has 0 fully saturated rings. The molecule has 2 aromatic heterocycles. The number of hydrogen-bond donors (Lipinski definition) is 1. The van der Waals surface area contributed by atoms with Gasteiger partial charge in [0.1, 0.15) is 23.4 Å². The van der Waals surface area contributed by atoms with E-state index in [0.717, 1.165) is 85.2 Å². The molecule has 0 radical (unpaired) electrons. The van der Waals surface area contributed by atoms with Gasteiger partial charge in [0.05, 0.1) is 12.9 Å². The summed E-state index contributed by atoms with van der Waals surface area (Å²) in [4.78, 5) is 22.8. The zero-order valence-corrected chi connectivity index (χ0v) is 27.5. The van der Waals surface area contributed by atoms with Crippen LogP contribution in [0.2, 0.25) is 5.02 Å². The van der Waals surface area contributed by atoms with Crippen LogP contribution in [-0.4, -0.2) is 51.8 Å². The van der Waals surface area contributed by atoms with E-state index in [9.17, 15) is 9.18 Å². The first-order valence-electron chi connectivity index (χ1n) is 15.9. The van der Waals surface area contributed by atoms with Gasteiger partial charge in [0.15, 0.2) is 0 Å². The zero-order valence-electron chi connectivity index (χ0n) is 26.7. The Morgan fingerprint density at radius 3 is 2.53 bits per heavy atom. The summed E-state index contributed by atoms with van der Waals surface area (Å²) in [6, 6.07) is 18.7. The van der Waals surface area contributed by atoms with Crippen molar-refractivity contribution in [3.8, 4) is 11.5 Å². The van der Waals surface area contributed by atoms with Crippen molar-refractivity contribution in [3.05, 3.63) is 118 Å². The Labute approximate surface area is 291 Å². The number of hydrogen-bond acceptors (Lipinski definition) is 4. The average Bonchev–Trinajstić information content (AvgIpc) is 3.72. The number of carbonyl (C=O) groups is 1. The van der Waals surface area contributed by atoms with Gasteiger partial charge in [-0.05, 0) is 78.6 Å². The molecule has 0 bridgehead atoms. The van der Waals surface area contributed by atoms with Crippen LogP contribution in [0.1, 0.15) is 55.0 Å². The average molecular weight is 650 g/mol. The van der Waals surface area contributed by atoms with Gasteiger partial charge < -0.3 is 24.3 Å². The van der Waals surface area contributed by atoms with Crippen LogP contribution in [0.4, 0.5) is 9.18 Å². The van der Waals surface area contributed by atoms with Crippen LogP contribution >= 0.6 is 11.6 Å². The van der Waals surface area contributed by atoms with Gasteiger partial charge in [0.2, 0.25) is 0 Å². The summed E-state index contributed by atoms with van der Waals surface area (Å²) in [5.41, 5.74) is 3.96. The van der Waals surface area contributed by atoms with Gasteiger partial charge in [0, 0.05) is 47.1 Å². The van der Waals surface area contributed by atoms with Gasteiger partial charge in [-0.2, -0.15) is 0 Å². The SMILES string of the molecule is O=C(Oc1ccc(F)cc1)N1CCc2c([nH]c3ccc(Cl)cc23)C1c1ccc(OCCCCCC[N-]CCCn2ccnc2)cc1.[Li+]. The van der Waals surface area contributed by atoms with Crippen molar-refractivity contribution < 1.29 is 37.5 Å². The number of aryl methyl sites for hydroxylation is 1. The summed E-state index contributed by atoms with van der Waals surface area (Å²) in [5.74, 6) is 0.690. The monoisotopic (exact) mass is 649 g/mol. The van der Waals surface area contributed by atoms with Crippen molar-refractivity contribution in [3.63, 3.8) is 0 Å². The largest absolute Gasteiger partial charge is 1.00 e. The van der Waals surface area contributed by atoms with Crippen molar-refractivity contribution in [1.29, 1.82) is 0 Å². The number of ether oxygens (including phenoxy) is 2. The maximum atomic E-state index is 13.5. The Hall–Kier alpha value is -3.74. The second-order valence-corrected chi connectivity index (χ2v) is 12.0. The van der Waals surface area contributed by atoms with E-state index in [1.807, 2.05) is 55.0 Å². The van der Waals surface area contributed by atoms with Crippen molar-refractivity contribution in [2.24, 2.45) is 0 Å². The van der Waals surface area contributed by atoms with E-state index in [2.05, 4.69) is 19.9 Å². The van der Waals surface area contributed by atoms with Crippen LogP contribution in [-0.2, 0) is 13.0 Å². The number of nitrogens with one attached hydrogen (secondary N) is 1. The van der Waals surface area contributed by atoms with Crippen LogP contribution in [0.3, 0.4) is 0 Å². The second-order valence-electron chi connectivity index (χ2n) is 11.5. The molecule has 3 heterocycles. The molecule has 240 valence electrons. The van der Waals surface area contributed by atoms with Crippen molar-refractivity contribution in [2.45, 2.75) is 51.1 Å². The fourth-order valence-corrected chi connectivity index (χ4v) is 6.15. The molecule has 3 aromatic carbocycles. The molecule has 1 atom stereocenters. The minimum absolute atomic E-state index is 0. The van der Waals surface area contributed by atoms with Crippen LogP contribution < -0.4 is 28.3 Å². The summed E-state index contributed by atoms with van der Waals surface area (Å²) in [7, 11) is 0. The third-order valence-electron chi connectivity index (χ3n) is 8.31. The quantitative estimate of drug-likeness (QED) is 0.123. The number of unbranched alkanes of at least 4 members (excludes halogenated alkanes) is 3. The predicted molar refractivity (Wildman–Crippen MR) is 178 cm³/mol. The molecule has 1 aliphatic rings. The minimum Gasteiger partial charge on any atom is -0.662 e. The Morgan fingerprint density at radius 1 is 0.979 bits per heavy atom. The van der Waals surface area contributed by atoms with E-state index in [1.54, 1.807) is 11.1 Å². The second kappa shape index (κ2) is 16.9. The minimum atomic E-state index is -0.499. The molecule has 1 aliphatic heterocycles. The standard InChI is InChI=1S/C36H38ClFN5O3.Li/c37-27-8-15-33-32(24-27)31-16-21-43(36(44)46-30-13-9-28(38)10-14-30)35(34(31)41-33)26-6-11-29(12-7-26)45-23-4-2-1-3-17-39-18-5-20-42-22-19-40-25-42;/h6-15,19,22,24-25,35,41H,1-5,16-18,20-21,23H2;/q-1;+1. The molecule has 11 heteroatoms. The van der Waals surface area contributed by atoms with Crippen molar-refractivity contribution >= 4 is 28.6 Å². The van der Waals surface area contributed by atoms with Gasteiger partial charge in [-0.1, -0.05) is 49.4 Å². The zero-order chi connectivity index (χ0) is 31.7. The number of fused-ring (bicyclic) bond motifs is 3. The summed E-state index contributed by atoms with van der Waals surface area (Å²) >= 11 is 6.34. The topological polar surface area (TPSA) is 86.5 Å². The Morgan fingerprint density at radius 2 is 1.74 bits per heavy atom. The van der Waals surface area contributed by atoms with Gasteiger partial charge >= 0.3 is 25.0 Å². The van der Waals surface area contributed by atoms with Gasteiger partial charge in [-0.3, -0.25) is 4.90 Å². The number of aromatic nitrogens is 3. The number of benzene rings is 3. The van der Waals surface area contributed by atoms with Crippen LogP contribution in [0, 0.1) is 5.82 Å². The number of carbonyl (C=O) groups excluding carboxylic acids is 1. The smallest absolute Gasteiger partial charge is 0.662 e. The van der Waals surface area contributed by atoms with E-state index in [-0.39, 0.29) is 24.7 Å². The maximum Gasteiger partial charge on any atom is 1.00 e. The third-order valence-corrected chi connectivity index (χ3v) is 8.54. The number of imidazole rings is 1. The number of aromatic amines is 1. The summed E-state index contributed by atoms with van der Waals surface area (Å²) < 4.78 is 27.2. The van der Waals surface area contributed by atoms with Gasteiger partial charge in [-0.25, -0.2) is 14.2 Å². The number of rotatable bonds is 14. The van der Waals surface area contributed by atoms with Gasteiger partial charge in [0.25, 0.3) is 0 Å². The molecule has 8 nitrogen and oxygen atoms in total. The number of nitrogens with zero attached hydrogens (tertiary/aromatic N) is 4. The van der Waals surface area contributed by atoms with Crippen molar-refractivity contribution in [2.75, 3.05) is 26.2 Å². The molecular formula is C36H38ClFLiN5O3. The number of H-pyrrole nitrogens is 1. The van der Waals surface area contributed by atoms with Gasteiger partial charge in [-0.15, -0.1) is 13.1 Å². The molecule has 0 spiro atoms. The molecule has 1 N–H and O–H groups in total. The van der Waals surface area contributed by atoms with E-state index < -0.39 is 12.1 Å². The fourth-order valence-electron chi connectivity index (χ4n) is 5.98. The Kier molecular flexibility index (Phi) is 12.4. The first kappa shape index (κ1) is 34.6. The number of amides is 1. The number of halogens is 2. The normalized spacial score (nSPS) is 14.1. The van der Waals surface area contributed by atoms with Crippen LogP contribution in [0.15, 0.2) is 85.5 Å². The molecule has 0 aliphatic carbocycles. The first-order chi connectivity index (χ1) is 22.5. The third kappa shape index (κ3) is 8.99. The Balaban J connectivity index is 0.00000433. The fraction of sp³-hybridized carbons (Fsp3) is 0.333. The maximum absolute atomic E-state index is 13.5. The van der Waals surface area contributed by atoms with E-state index in [4.69, 9.17) is 21.1 Å². The summed E-state index contributed by atoms with van der Waals surface area (Å²) in [6.07, 6.45) is 11.1. The molecule has 47 heavy (non-hydrogen) atoms. The predicted octanol–water partition coefficient (Wildman–Crippen LogP) is 5.71. The van der Waals surface area contributed by atoms with Crippen LogP contribution in [0.25, 0.3) is 16.2 Å². The molecular weight excluding hydrogens is 612 g/mol. The first-order valence-corrected chi connectivity index (χ1v) is 16.3. The summed E-state index contributed by atoms with van der Waals surface area (Å²) in [5, 5.41) is 6.35. The molecule has 1 amide bonds. The molecule has 6 rings (SSSR count). The molecule has 0 saturated heterocycles. The van der Waals surface area contributed by atoms with E-state index in [0.29, 0.717) is 30.3 Å². The molecule has 5 aromatic rings. The summed E-state index contributed by atoms with van der Waals surface area (Å²) in [6.45, 7) is 3.86. The van der Waals surface area contributed by atoms with E-state index in [1.165, 1.54) is 24.3 Å². The van der Waals surface area contributed by atoms with Crippen molar-refractivity contribution in [1.82, 2.24) is 19.4 Å². The molecule has 1 unspecified atom stereocenters. The Bertz CT molecular complexity index is 1710. The molecule has 0 saturated carbocycles.